The van der Waals surface area contributed by atoms with Crippen molar-refractivity contribution in [1.29, 1.82) is 0 Å². The minimum atomic E-state index is -0.514. The molecule has 0 aromatic rings. The maximum atomic E-state index is 12.2. The number of likely N-dealkylation sites (tertiary alicyclic amines) is 1. The molecule has 1 rings (SSSR count). The van der Waals surface area contributed by atoms with Crippen molar-refractivity contribution in [3.05, 3.63) is 0 Å². The molecule has 1 heterocycles. The zero-order chi connectivity index (χ0) is 13.0. The number of nitrogens with zero attached hydrogens (tertiary/aromatic N) is 1. The summed E-state index contributed by atoms with van der Waals surface area (Å²) in [6.45, 7) is 4.47. The minimum Gasteiger partial charge on any atom is -0.357 e. The topological polar surface area (TPSA) is 75.4 Å². The predicted molar refractivity (Wildman–Crippen MR) is 66.2 cm³/mol. The summed E-state index contributed by atoms with van der Waals surface area (Å²) in [7, 11) is 1.60. The molecule has 0 aliphatic carbocycles. The van der Waals surface area contributed by atoms with E-state index in [1.165, 1.54) is 0 Å². The van der Waals surface area contributed by atoms with E-state index in [9.17, 15) is 9.59 Å². The van der Waals surface area contributed by atoms with E-state index in [1.807, 2.05) is 13.8 Å². The van der Waals surface area contributed by atoms with E-state index in [-0.39, 0.29) is 23.8 Å². The van der Waals surface area contributed by atoms with Gasteiger partial charge >= 0.3 is 0 Å². The third kappa shape index (κ3) is 3.19. The van der Waals surface area contributed by atoms with Crippen LogP contribution < -0.4 is 11.1 Å². The van der Waals surface area contributed by atoms with E-state index in [1.54, 1.807) is 11.9 Å². The molecule has 1 unspecified atom stereocenters. The Morgan fingerprint density at radius 3 is 2.53 bits per heavy atom. The molecule has 98 valence electrons. The number of carbonyl (C=O) groups excluding carboxylic acids is 2. The van der Waals surface area contributed by atoms with Gasteiger partial charge in [-0.1, -0.05) is 13.8 Å². The molecule has 5 heteroatoms. The lowest BCUT2D eigenvalue weighted by Crippen LogP contribution is -2.56. The molecule has 17 heavy (non-hydrogen) atoms. The van der Waals surface area contributed by atoms with Gasteiger partial charge in [-0.05, 0) is 25.2 Å². The summed E-state index contributed by atoms with van der Waals surface area (Å²) in [5, 5.41) is 2.61. The van der Waals surface area contributed by atoms with E-state index in [4.69, 9.17) is 5.73 Å². The van der Waals surface area contributed by atoms with Crippen LogP contribution in [0.15, 0.2) is 0 Å². The van der Waals surface area contributed by atoms with Gasteiger partial charge in [0.1, 0.15) is 6.04 Å². The molecule has 0 aromatic carbocycles. The van der Waals surface area contributed by atoms with Crippen molar-refractivity contribution in [3.63, 3.8) is 0 Å². The van der Waals surface area contributed by atoms with E-state index < -0.39 is 6.04 Å². The highest BCUT2D eigenvalue weighted by Gasteiger charge is 2.34. The zero-order valence-electron chi connectivity index (χ0n) is 10.9. The van der Waals surface area contributed by atoms with Gasteiger partial charge in [-0.2, -0.15) is 0 Å². The maximum absolute atomic E-state index is 12.2. The van der Waals surface area contributed by atoms with Crippen molar-refractivity contribution in [2.75, 3.05) is 13.6 Å². The first-order valence-corrected chi connectivity index (χ1v) is 6.26. The Bertz CT molecular complexity index is 291. The van der Waals surface area contributed by atoms with Crippen LogP contribution in [0.3, 0.4) is 0 Å². The molecular formula is C12H23N3O2. The highest BCUT2D eigenvalue weighted by atomic mass is 16.2. The molecule has 5 nitrogen and oxygen atoms in total. The molecule has 1 aliphatic heterocycles. The van der Waals surface area contributed by atoms with Gasteiger partial charge in [0, 0.05) is 13.6 Å². The summed E-state index contributed by atoms with van der Waals surface area (Å²) in [6, 6.07) is -0.855. The number of likely N-dealkylation sites (N-methyl/N-ethyl adjacent to an activating group) is 1. The fourth-order valence-corrected chi connectivity index (χ4v) is 2.11. The first-order valence-electron chi connectivity index (χ1n) is 6.26. The predicted octanol–water partition coefficient (Wildman–Crippen LogP) is 0.0968. The molecule has 0 radical (unpaired) electrons. The van der Waals surface area contributed by atoms with Gasteiger partial charge in [-0.25, -0.2) is 0 Å². The first-order chi connectivity index (χ1) is 7.99. The molecule has 3 N–H and O–H groups in total. The van der Waals surface area contributed by atoms with Crippen LogP contribution in [-0.4, -0.2) is 42.4 Å². The Labute approximate surface area is 103 Å². The van der Waals surface area contributed by atoms with Crippen LogP contribution in [0.25, 0.3) is 0 Å². The van der Waals surface area contributed by atoms with E-state index >= 15 is 0 Å². The number of hydrogen-bond donors (Lipinski definition) is 2. The molecule has 0 spiro atoms. The smallest absolute Gasteiger partial charge is 0.242 e. The third-order valence-corrected chi connectivity index (χ3v) is 3.34. The Morgan fingerprint density at radius 1 is 1.35 bits per heavy atom. The summed E-state index contributed by atoms with van der Waals surface area (Å²) < 4.78 is 0. The quantitative estimate of drug-likeness (QED) is 0.735. The molecule has 1 saturated heterocycles. The van der Waals surface area contributed by atoms with Gasteiger partial charge < -0.3 is 16.0 Å². The number of nitrogens with one attached hydrogen (secondary N) is 1. The normalized spacial score (nSPS) is 22.4. The van der Waals surface area contributed by atoms with Gasteiger partial charge in [0.25, 0.3) is 0 Å². The number of piperidine rings is 1. The summed E-state index contributed by atoms with van der Waals surface area (Å²) in [5.74, 6) is -0.0999. The molecule has 0 saturated carbocycles. The van der Waals surface area contributed by atoms with Crippen molar-refractivity contribution in [2.45, 2.75) is 45.2 Å². The van der Waals surface area contributed by atoms with Crippen LogP contribution in [0.2, 0.25) is 0 Å². The van der Waals surface area contributed by atoms with Crippen LogP contribution in [0.4, 0.5) is 0 Å². The second-order valence-corrected chi connectivity index (χ2v) is 4.93. The van der Waals surface area contributed by atoms with Crippen molar-refractivity contribution in [2.24, 2.45) is 11.7 Å². The van der Waals surface area contributed by atoms with Gasteiger partial charge in [-0.3, -0.25) is 9.59 Å². The van der Waals surface area contributed by atoms with E-state index in [0.717, 1.165) is 19.3 Å². The molecule has 2 amide bonds. The molecule has 1 aliphatic rings. The highest BCUT2D eigenvalue weighted by molar-refractivity contribution is 5.89. The summed E-state index contributed by atoms with van der Waals surface area (Å²) in [6.07, 6.45) is 2.67. The highest BCUT2D eigenvalue weighted by Crippen LogP contribution is 2.19. The van der Waals surface area contributed by atoms with Crippen molar-refractivity contribution < 1.29 is 9.59 Å². The number of nitrogens with two attached hydrogens (primary N) is 1. The second kappa shape index (κ2) is 6.00. The number of amides is 2. The molecule has 2 atom stereocenters. The SMILES string of the molecule is CNC(=O)C1CCCCN1C(=O)[C@@H](N)C(C)C. The molecule has 0 aromatic heterocycles. The fourth-order valence-electron chi connectivity index (χ4n) is 2.11. The summed E-state index contributed by atoms with van der Waals surface area (Å²) in [5.41, 5.74) is 5.87. The van der Waals surface area contributed by atoms with E-state index in [2.05, 4.69) is 5.32 Å². The average molecular weight is 241 g/mol. The van der Waals surface area contributed by atoms with Crippen LogP contribution >= 0.6 is 0 Å². The second-order valence-electron chi connectivity index (χ2n) is 4.93. The monoisotopic (exact) mass is 241 g/mol. The number of carbonyl (C=O) groups is 2. The number of hydrogen-bond acceptors (Lipinski definition) is 3. The van der Waals surface area contributed by atoms with Crippen LogP contribution in [-0.2, 0) is 9.59 Å². The Hall–Kier alpha value is -1.10. The zero-order valence-corrected chi connectivity index (χ0v) is 10.9. The lowest BCUT2D eigenvalue weighted by atomic mass is 9.97. The van der Waals surface area contributed by atoms with Gasteiger partial charge in [-0.15, -0.1) is 0 Å². The minimum absolute atomic E-state index is 0.0889. The summed E-state index contributed by atoms with van der Waals surface area (Å²) >= 11 is 0. The molecular weight excluding hydrogens is 218 g/mol. The largest absolute Gasteiger partial charge is 0.357 e. The third-order valence-electron chi connectivity index (χ3n) is 3.34. The lowest BCUT2D eigenvalue weighted by molar-refractivity contribution is -0.143. The fraction of sp³-hybridized carbons (Fsp3) is 0.833. The Kier molecular flexibility index (Phi) is 4.93. The maximum Gasteiger partial charge on any atom is 0.242 e. The standard InChI is InChI=1S/C12H23N3O2/c1-8(2)10(13)12(17)15-7-5-4-6-9(15)11(16)14-3/h8-10H,4-7,13H2,1-3H3,(H,14,16)/t9?,10-/m0/s1. The Morgan fingerprint density at radius 2 is 2.00 bits per heavy atom. The van der Waals surface area contributed by atoms with Crippen molar-refractivity contribution >= 4 is 11.8 Å². The van der Waals surface area contributed by atoms with Crippen molar-refractivity contribution in [1.82, 2.24) is 10.2 Å². The average Bonchev–Trinajstić information content (AvgIpc) is 2.35. The summed E-state index contributed by atoms with van der Waals surface area (Å²) in [4.78, 5) is 25.6. The van der Waals surface area contributed by atoms with Gasteiger partial charge in [0.15, 0.2) is 0 Å². The van der Waals surface area contributed by atoms with Crippen LogP contribution in [0.1, 0.15) is 33.1 Å². The van der Waals surface area contributed by atoms with Gasteiger partial charge in [0.05, 0.1) is 6.04 Å². The Balaban J connectivity index is 2.77. The number of rotatable bonds is 3. The lowest BCUT2D eigenvalue weighted by Gasteiger charge is -2.36. The first kappa shape index (κ1) is 14.0. The molecule has 1 fully saturated rings. The van der Waals surface area contributed by atoms with Crippen LogP contribution in [0, 0.1) is 5.92 Å². The van der Waals surface area contributed by atoms with E-state index in [0.29, 0.717) is 6.54 Å². The van der Waals surface area contributed by atoms with Crippen LogP contribution in [0.5, 0.6) is 0 Å². The molecule has 0 bridgehead atoms. The van der Waals surface area contributed by atoms with Gasteiger partial charge in [0.2, 0.25) is 11.8 Å². The van der Waals surface area contributed by atoms with Crippen molar-refractivity contribution in [3.8, 4) is 0 Å².